The molecule has 0 aliphatic carbocycles. The first-order chi connectivity index (χ1) is 16.9. The molecule has 1 atom stereocenters. The van der Waals surface area contributed by atoms with Crippen LogP contribution in [0.15, 0.2) is 36.4 Å². The van der Waals surface area contributed by atoms with Crippen LogP contribution in [-0.4, -0.2) is 78.9 Å². The smallest absolute Gasteiger partial charge is 0.261 e. The van der Waals surface area contributed by atoms with Crippen molar-refractivity contribution in [3.05, 3.63) is 64.2 Å². The van der Waals surface area contributed by atoms with Crippen LogP contribution < -0.4 is 5.32 Å². The fraction of sp³-hybridized carbons (Fsp3) is 0.320. The maximum atomic E-state index is 12.9. The summed E-state index contributed by atoms with van der Waals surface area (Å²) in [6, 6.07) is 8.82. The number of anilines is 1. The van der Waals surface area contributed by atoms with Crippen LogP contribution in [0.5, 0.6) is 0 Å². The molecule has 1 unspecified atom stereocenters. The van der Waals surface area contributed by atoms with E-state index in [1.165, 1.54) is 42.3 Å². The highest BCUT2D eigenvalue weighted by molar-refractivity contribution is 6.23. The number of ether oxygens (including phenoxy) is 2. The molecule has 3 aliphatic heterocycles. The van der Waals surface area contributed by atoms with E-state index in [0.29, 0.717) is 12.3 Å². The summed E-state index contributed by atoms with van der Waals surface area (Å²) in [6.07, 6.45) is 1.54. The molecule has 2 aromatic rings. The van der Waals surface area contributed by atoms with E-state index in [1.807, 2.05) is 0 Å². The lowest BCUT2D eigenvalue weighted by Crippen LogP contribution is -2.36. The number of fused-ring (bicyclic) bond motifs is 2. The lowest BCUT2D eigenvalue weighted by atomic mass is 10.0. The number of hydrogen-bond acceptors (Lipinski definition) is 7. The molecule has 5 rings (SSSR count). The lowest BCUT2D eigenvalue weighted by molar-refractivity contribution is 0.0474. The maximum Gasteiger partial charge on any atom is 0.261 e. The van der Waals surface area contributed by atoms with Crippen LogP contribution in [0, 0.1) is 0 Å². The van der Waals surface area contributed by atoms with Crippen LogP contribution in [0.3, 0.4) is 0 Å². The molecule has 10 heteroatoms. The standard InChI is InChI=1S/C25H23N3O7/c1-34-10-8-27-22(30)17-6-4-14(11-19(17)24(27)32)21(29)26-15-5-7-18-20(12-15)25(33)28(23(18)31)13-16-3-2-9-35-16/h4-7,11-12,16H,2-3,8-10,13H2,1H3,(H,26,29). The van der Waals surface area contributed by atoms with Crippen molar-refractivity contribution in [2.24, 2.45) is 0 Å². The van der Waals surface area contributed by atoms with Crippen molar-refractivity contribution in [2.45, 2.75) is 18.9 Å². The van der Waals surface area contributed by atoms with Gasteiger partial charge in [-0.05, 0) is 49.2 Å². The van der Waals surface area contributed by atoms with Crippen LogP contribution >= 0.6 is 0 Å². The highest BCUT2D eigenvalue weighted by atomic mass is 16.5. The van der Waals surface area contributed by atoms with Gasteiger partial charge in [0, 0.05) is 25.0 Å². The van der Waals surface area contributed by atoms with E-state index in [4.69, 9.17) is 9.47 Å². The van der Waals surface area contributed by atoms with Gasteiger partial charge in [0.15, 0.2) is 0 Å². The van der Waals surface area contributed by atoms with Gasteiger partial charge in [-0.1, -0.05) is 0 Å². The molecule has 0 saturated carbocycles. The third kappa shape index (κ3) is 4.00. The summed E-state index contributed by atoms with van der Waals surface area (Å²) < 4.78 is 10.5. The minimum atomic E-state index is -0.517. The second-order valence-electron chi connectivity index (χ2n) is 8.59. The Labute approximate surface area is 200 Å². The zero-order valence-corrected chi connectivity index (χ0v) is 19.0. The van der Waals surface area contributed by atoms with E-state index in [-0.39, 0.29) is 59.5 Å². The van der Waals surface area contributed by atoms with E-state index in [9.17, 15) is 24.0 Å². The van der Waals surface area contributed by atoms with E-state index >= 15 is 0 Å². The quantitative estimate of drug-likeness (QED) is 0.605. The van der Waals surface area contributed by atoms with E-state index in [0.717, 1.165) is 17.7 Å². The van der Waals surface area contributed by atoms with Gasteiger partial charge >= 0.3 is 0 Å². The van der Waals surface area contributed by atoms with Gasteiger partial charge in [0.25, 0.3) is 29.5 Å². The summed E-state index contributed by atoms with van der Waals surface area (Å²) >= 11 is 0. The van der Waals surface area contributed by atoms with Gasteiger partial charge in [-0.2, -0.15) is 0 Å². The topological polar surface area (TPSA) is 122 Å². The second-order valence-corrected chi connectivity index (χ2v) is 8.59. The number of benzene rings is 2. The number of amides is 5. The number of rotatable bonds is 7. The van der Waals surface area contributed by atoms with E-state index in [2.05, 4.69) is 5.32 Å². The van der Waals surface area contributed by atoms with Gasteiger partial charge in [-0.25, -0.2) is 0 Å². The molecule has 3 aliphatic rings. The van der Waals surface area contributed by atoms with Gasteiger partial charge < -0.3 is 14.8 Å². The molecular formula is C25H23N3O7. The summed E-state index contributed by atoms with van der Waals surface area (Å²) in [5, 5.41) is 2.70. The molecule has 1 N–H and O–H groups in total. The first kappa shape index (κ1) is 22.9. The van der Waals surface area contributed by atoms with Crippen molar-refractivity contribution in [1.82, 2.24) is 9.80 Å². The summed E-state index contributed by atoms with van der Waals surface area (Å²) in [5.74, 6) is -2.23. The van der Waals surface area contributed by atoms with Crippen LogP contribution in [-0.2, 0) is 9.47 Å². The summed E-state index contributed by atoms with van der Waals surface area (Å²) in [7, 11) is 1.48. The largest absolute Gasteiger partial charge is 0.383 e. The Morgan fingerprint density at radius 1 is 0.943 bits per heavy atom. The number of nitrogens with zero attached hydrogens (tertiary/aromatic N) is 2. The molecular weight excluding hydrogens is 454 g/mol. The fourth-order valence-corrected chi connectivity index (χ4v) is 4.55. The minimum absolute atomic E-state index is 0.121. The molecule has 1 saturated heterocycles. The number of imide groups is 2. The molecule has 2 aromatic carbocycles. The summed E-state index contributed by atoms with van der Waals surface area (Å²) in [5.41, 5.74) is 1.40. The normalized spacial score (nSPS) is 18.9. The molecule has 3 heterocycles. The van der Waals surface area contributed by atoms with E-state index < -0.39 is 23.6 Å². The second kappa shape index (κ2) is 9.05. The first-order valence-electron chi connectivity index (χ1n) is 11.3. The Morgan fingerprint density at radius 2 is 1.60 bits per heavy atom. The minimum Gasteiger partial charge on any atom is -0.383 e. The highest BCUT2D eigenvalue weighted by Gasteiger charge is 2.38. The monoisotopic (exact) mass is 477 g/mol. The van der Waals surface area contributed by atoms with Crippen molar-refractivity contribution >= 4 is 35.2 Å². The average Bonchev–Trinajstić information content (AvgIpc) is 3.52. The highest BCUT2D eigenvalue weighted by Crippen LogP contribution is 2.28. The number of methoxy groups -OCH3 is 1. The number of carbonyl (C=O) groups excluding carboxylic acids is 5. The molecule has 0 spiro atoms. The average molecular weight is 477 g/mol. The van der Waals surface area contributed by atoms with Crippen molar-refractivity contribution in [3.8, 4) is 0 Å². The molecule has 180 valence electrons. The van der Waals surface area contributed by atoms with Crippen LogP contribution in [0.1, 0.15) is 64.6 Å². The van der Waals surface area contributed by atoms with Crippen LogP contribution in [0.2, 0.25) is 0 Å². The number of hydrogen-bond donors (Lipinski definition) is 1. The Hall–Kier alpha value is -3.89. The van der Waals surface area contributed by atoms with Gasteiger partial charge in [0.2, 0.25) is 0 Å². The maximum absolute atomic E-state index is 12.9. The first-order valence-corrected chi connectivity index (χ1v) is 11.3. The van der Waals surface area contributed by atoms with Gasteiger partial charge in [0.1, 0.15) is 0 Å². The molecule has 10 nitrogen and oxygen atoms in total. The lowest BCUT2D eigenvalue weighted by Gasteiger charge is -2.17. The van der Waals surface area contributed by atoms with Crippen LogP contribution in [0.25, 0.3) is 0 Å². The predicted molar refractivity (Wildman–Crippen MR) is 122 cm³/mol. The van der Waals surface area contributed by atoms with Gasteiger partial charge in [0.05, 0.1) is 48.1 Å². The zero-order chi connectivity index (χ0) is 24.7. The Morgan fingerprint density at radius 3 is 2.31 bits per heavy atom. The van der Waals surface area contributed by atoms with Gasteiger partial charge in [-0.15, -0.1) is 0 Å². The molecule has 5 amide bonds. The molecule has 0 bridgehead atoms. The Bertz CT molecular complexity index is 1270. The van der Waals surface area contributed by atoms with Gasteiger partial charge in [-0.3, -0.25) is 33.8 Å². The Kier molecular flexibility index (Phi) is 5.91. The molecule has 0 aromatic heterocycles. The van der Waals surface area contributed by atoms with Crippen molar-refractivity contribution in [2.75, 3.05) is 38.7 Å². The number of nitrogens with one attached hydrogen (secondary N) is 1. The third-order valence-corrected chi connectivity index (χ3v) is 6.39. The SMILES string of the molecule is COCCN1C(=O)c2ccc(C(=O)Nc3ccc4c(c3)C(=O)N(CC3CCCO3)C4=O)cc2C1=O. The van der Waals surface area contributed by atoms with Crippen molar-refractivity contribution in [1.29, 1.82) is 0 Å². The third-order valence-electron chi connectivity index (χ3n) is 6.39. The summed E-state index contributed by atoms with van der Waals surface area (Å²) in [6.45, 7) is 1.16. The molecule has 1 fully saturated rings. The predicted octanol–water partition coefficient (Wildman–Crippen LogP) is 1.96. The fourth-order valence-electron chi connectivity index (χ4n) is 4.55. The van der Waals surface area contributed by atoms with Crippen LogP contribution in [0.4, 0.5) is 5.69 Å². The number of carbonyl (C=O) groups is 5. The van der Waals surface area contributed by atoms with Crippen molar-refractivity contribution in [3.63, 3.8) is 0 Å². The Balaban J connectivity index is 1.32. The van der Waals surface area contributed by atoms with E-state index in [1.54, 1.807) is 6.07 Å². The zero-order valence-electron chi connectivity index (χ0n) is 19.0. The van der Waals surface area contributed by atoms with Crippen molar-refractivity contribution < 1.29 is 33.4 Å². The molecule has 35 heavy (non-hydrogen) atoms. The summed E-state index contributed by atoms with van der Waals surface area (Å²) in [4.78, 5) is 65.8. The molecule has 0 radical (unpaired) electrons.